The van der Waals surface area contributed by atoms with Gasteiger partial charge in [0.05, 0.1) is 12.7 Å². The average molecular weight is 336 g/mol. The monoisotopic (exact) mass is 336 g/mol. The van der Waals surface area contributed by atoms with Crippen molar-refractivity contribution in [1.29, 1.82) is 0 Å². The number of esters is 1. The number of hydrogen-bond acceptors (Lipinski definition) is 6. The van der Waals surface area contributed by atoms with Crippen LogP contribution in [0.25, 0.3) is 23.6 Å². The van der Waals surface area contributed by atoms with E-state index in [-0.39, 0.29) is 5.89 Å². The van der Waals surface area contributed by atoms with Crippen LogP contribution < -0.4 is 9.47 Å². The number of ether oxygens (including phenoxy) is 2. The molecule has 0 saturated carbocycles. The van der Waals surface area contributed by atoms with Crippen molar-refractivity contribution < 1.29 is 18.8 Å². The van der Waals surface area contributed by atoms with Crippen LogP contribution in [0.1, 0.15) is 18.3 Å². The maximum atomic E-state index is 11.2. The van der Waals surface area contributed by atoms with E-state index in [0.717, 1.165) is 11.3 Å². The smallest absolute Gasteiger partial charge is 0.308 e. The van der Waals surface area contributed by atoms with Gasteiger partial charge in [0.2, 0.25) is 0 Å². The molecule has 6 nitrogen and oxygen atoms in total. The van der Waals surface area contributed by atoms with Crippen LogP contribution in [0.5, 0.6) is 11.5 Å². The molecule has 0 unspecified atom stereocenters. The van der Waals surface area contributed by atoms with Crippen molar-refractivity contribution >= 4 is 18.1 Å². The van der Waals surface area contributed by atoms with Gasteiger partial charge in [0.1, 0.15) is 11.5 Å². The lowest BCUT2D eigenvalue weighted by Crippen LogP contribution is -2.02. The van der Waals surface area contributed by atoms with Gasteiger partial charge in [-0.25, -0.2) is 0 Å². The van der Waals surface area contributed by atoms with Crippen LogP contribution in [0, 0.1) is 0 Å². The maximum Gasteiger partial charge on any atom is 0.308 e. The number of carbonyl (C=O) groups excluding carboxylic acids is 1. The minimum absolute atomic E-state index is 0.284. The van der Waals surface area contributed by atoms with Gasteiger partial charge in [-0.1, -0.05) is 35.5 Å². The number of methoxy groups -OCH3 is 1. The summed E-state index contributed by atoms with van der Waals surface area (Å²) in [6.45, 7) is 1.34. The van der Waals surface area contributed by atoms with Gasteiger partial charge in [-0.2, -0.15) is 4.98 Å². The quantitative estimate of drug-likeness (QED) is 0.520. The highest BCUT2D eigenvalue weighted by Gasteiger charge is 2.13. The summed E-state index contributed by atoms with van der Waals surface area (Å²) in [5, 5.41) is 3.92. The number of para-hydroxylation sites is 1. The fourth-order valence-corrected chi connectivity index (χ4v) is 2.18. The first kappa shape index (κ1) is 16.4. The summed E-state index contributed by atoms with van der Waals surface area (Å²) >= 11 is 0. The minimum Gasteiger partial charge on any atom is -0.497 e. The molecule has 2 aromatic carbocycles. The number of carbonyl (C=O) groups is 1. The highest BCUT2D eigenvalue weighted by Crippen LogP contribution is 2.28. The Morgan fingerprint density at radius 1 is 1.08 bits per heavy atom. The van der Waals surface area contributed by atoms with E-state index in [4.69, 9.17) is 14.0 Å². The molecule has 0 spiro atoms. The van der Waals surface area contributed by atoms with Crippen LogP contribution in [0.3, 0.4) is 0 Å². The zero-order valence-electron chi connectivity index (χ0n) is 13.8. The molecule has 0 bridgehead atoms. The number of hydrogen-bond donors (Lipinski definition) is 0. The van der Waals surface area contributed by atoms with E-state index in [9.17, 15) is 4.79 Å². The van der Waals surface area contributed by atoms with E-state index >= 15 is 0 Å². The first-order valence-electron chi connectivity index (χ1n) is 7.59. The summed E-state index contributed by atoms with van der Waals surface area (Å²) in [5.74, 6) is 1.46. The SMILES string of the molecule is COc1ccc(C=Cc2noc(-c3ccccc3OC(C)=O)n2)cc1. The Labute approximate surface area is 144 Å². The average Bonchev–Trinajstić information content (AvgIpc) is 3.09. The molecular weight excluding hydrogens is 320 g/mol. The highest BCUT2D eigenvalue weighted by molar-refractivity contribution is 5.74. The lowest BCUT2D eigenvalue weighted by Gasteiger charge is -2.04. The third-order valence-corrected chi connectivity index (χ3v) is 3.35. The Morgan fingerprint density at radius 2 is 1.84 bits per heavy atom. The second-order valence-corrected chi connectivity index (χ2v) is 5.15. The zero-order chi connectivity index (χ0) is 17.6. The molecule has 0 radical (unpaired) electrons. The Hall–Kier alpha value is -3.41. The summed E-state index contributed by atoms with van der Waals surface area (Å²) in [6.07, 6.45) is 3.61. The van der Waals surface area contributed by atoms with Crippen molar-refractivity contribution in [1.82, 2.24) is 10.1 Å². The van der Waals surface area contributed by atoms with E-state index in [1.54, 1.807) is 37.5 Å². The summed E-state index contributed by atoms with van der Waals surface area (Å²) in [5.41, 5.74) is 1.54. The van der Waals surface area contributed by atoms with Crippen LogP contribution in [0.15, 0.2) is 53.1 Å². The second kappa shape index (κ2) is 7.44. The van der Waals surface area contributed by atoms with Gasteiger partial charge < -0.3 is 14.0 Å². The molecule has 6 heteroatoms. The third-order valence-electron chi connectivity index (χ3n) is 3.35. The van der Waals surface area contributed by atoms with Gasteiger partial charge in [-0.3, -0.25) is 4.79 Å². The lowest BCUT2D eigenvalue weighted by atomic mass is 10.2. The standard InChI is InChI=1S/C19H16N2O4/c1-13(22)24-17-6-4-3-5-16(17)19-20-18(21-25-19)12-9-14-7-10-15(23-2)11-8-14/h3-12H,1-2H3. The van der Waals surface area contributed by atoms with Crippen LogP contribution in [-0.2, 0) is 4.79 Å². The van der Waals surface area contributed by atoms with Crippen LogP contribution in [0.4, 0.5) is 0 Å². The molecule has 126 valence electrons. The molecule has 25 heavy (non-hydrogen) atoms. The Balaban J connectivity index is 1.80. The summed E-state index contributed by atoms with van der Waals surface area (Å²) < 4.78 is 15.6. The van der Waals surface area contributed by atoms with Crippen molar-refractivity contribution in [3.8, 4) is 23.0 Å². The first-order valence-corrected chi connectivity index (χ1v) is 7.59. The van der Waals surface area contributed by atoms with Crippen molar-refractivity contribution in [2.75, 3.05) is 7.11 Å². The van der Waals surface area contributed by atoms with Gasteiger partial charge in [0.25, 0.3) is 5.89 Å². The first-order chi connectivity index (χ1) is 12.2. The highest BCUT2D eigenvalue weighted by atomic mass is 16.5. The van der Waals surface area contributed by atoms with E-state index < -0.39 is 5.97 Å². The molecule has 0 amide bonds. The Kier molecular flexibility index (Phi) is 4.89. The lowest BCUT2D eigenvalue weighted by molar-refractivity contribution is -0.131. The molecule has 3 aromatic rings. The normalized spacial score (nSPS) is 10.8. The van der Waals surface area contributed by atoms with E-state index in [1.165, 1.54) is 6.92 Å². The summed E-state index contributed by atoms with van der Waals surface area (Å²) in [4.78, 5) is 15.5. The predicted octanol–water partition coefficient (Wildman–Crippen LogP) is 3.84. The number of rotatable bonds is 5. The van der Waals surface area contributed by atoms with Crippen LogP contribution >= 0.6 is 0 Å². The van der Waals surface area contributed by atoms with E-state index in [2.05, 4.69) is 10.1 Å². The molecule has 0 fully saturated rings. The molecule has 3 rings (SSSR count). The summed E-state index contributed by atoms with van der Waals surface area (Å²) in [6, 6.07) is 14.6. The predicted molar refractivity (Wildman–Crippen MR) is 93.0 cm³/mol. The van der Waals surface area contributed by atoms with Gasteiger partial charge in [-0.15, -0.1) is 0 Å². The molecule has 0 saturated heterocycles. The fourth-order valence-electron chi connectivity index (χ4n) is 2.18. The van der Waals surface area contributed by atoms with Crippen LogP contribution in [-0.4, -0.2) is 23.2 Å². The fraction of sp³-hybridized carbons (Fsp3) is 0.105. The van der Waals surface area contributed by atoms with Gasteiger partial charge in [0.15, 0.2) is 5.82 Å². The van der Waals surface area contributed by atoms with Gasteiger partial charge in [-0.05, 0) is 35.9 Å². The second-order valence-electron chi connectivity index (χ2n) is 5.15. The van der Waals surface area contributed by atoms with E-state index in [0.29, 0.717) is 17.1 Å². The molecular formula is C19H16N2O4. The molecule has 0 aliphatic heterocycles. The topological polar surface area (TPSA) is 74.5 Å². The molecule has 0 atom stereocenters. The Morgan fingerprint density at radius 3 is 2.56 bits per heavy atom. The van der Waals surface area contributed by atoms with Gasteiger partial charge >= 0.3 is 5.97 Å². The zero-order valence-corrected chi connectivity index (χ0v) is 13.8. The van der Waals surface area contributed by atoms with Crippen LogP contribution in [0.2, 0.25) is 0 Å². The summed E-state index contributed by atoms with van der Waals surface area (Å²) in [7, 11) is 1.62. The maximum absolute atomic E-state index is 11.2. The van der Waals surface area contributed by atoms with Crippen molar-refractivity contribution in [3.05, 3.63) is 59.9 Å². The molecule has 0 N–H and O–H groups in total. The van der Waals surface area contributed by atoms with Crippen molar-refractivity contribution in [2.24, 2.45) is 0 Å². The van der Waals surface area contributed by atoms with Crippen molar-refractivity contribution in [2.45, 2.75) is 6.92 Å². The number of nitrogens with zero attached hydrogens (tertiary/aromatic N) is 2. The third kappa shape index (κ3) is 4.11. The molecule has 1 aromatic heterocycles. The van der Waals surface area contributed by atoms with E-state index in [1.807, 2.05) is 30.3 Å². The largest absolute Gasteiger partial charge is 0.497 e. The van der Waals surface area contributed by atoms with Crippen molar-refractivity contribution in [3.63, 3.8) is 0 Å². The molecule has 0 aliphatic carbocycles. The number of benzene rings is 2. The Bertz CT molecular complexity index is 898. The molecule has 1 heterocycles. The van der Waals surface area contributed by atoms with Gasteiger partial charge in [0, 0.05) is 6.92 Å². The number of aromatic nitrogens is 2. The molecule has 0 aliphatic rings. The minimum atomic E-state index is -0.411.